The van der Waals surface area contributed by atoms with Crippen molar-refractivity contribution in [3.05, 3.63) is 87.5 Å². The van der Waals surface area contributed by atoms with Crippen LogP contribution in [0, 0.1) is 12.5 Å². The summed E-state index contributed by atoms with van der Waals surface area (Å²) in [6.45, 7) is 1.31. The number of ether oxygens (including phenoxy) is 1. The molecule has 2 aromatic heterocycles. The lowest BCUT2D eigenvalue weighted by molar-refractivity contribution is -0.0237. The van der Waals surface area contributed by atoms with Crippen molar-refractivity contribution in [1.29, 1.82) is 5.53 Å². The minimum absolute atomic E-state index is 0.182. The zero-order valence-corrected chi connectivity index (χ0v) is 19.5. The maximum atomic E-state index is 13.6. The van der Waals surface area contributed by atoms with Gasteiger partial charge >= 0.3 is 13.4 Å². The molecule has 0 amide bonds. The highest BCUT2D eigenvalue weighted by molar-refractivity contribution is 7.55. The molecule has 3 heterocycles. The summed E-state index contributed by atoms with van der Waals surface area (Å²) in [4.78, 5) is 33.3. The molecule has 0 bridgehead atoms. The number of rotatable bonds is 9. The second kappa shape index (κ2) is 10.6. The van der Waals surface area contributed by atoms with Crippen molar-refractivity contribution < 1.29 is 18.3 Å². The Morgan fingerprint density at radius 3 is 2.83 bits per heavy atom. The molecule has 182 valence electrons. The van der Waals surface area contributed by atoms with E-state index in [1.54, 1.807) is 55.6 Å². The predicted molar refractivity (Wildman–Crippen MR) is 124 cm³/mol. The Hall–Kier alpha value is -3.89. The molecule has 3 N–H and O–H groups in total. The summed E-state index contributed by atoms with van der Waals surface area (Å²) in [7, 11) is -3.98. The third kappa shape index (κ3) is 5.97. The summed E-state index contributed by atoms with van der Waals surface area (Å²) >= 11 is 0. The first-order chi connectivity index (χ1) is 16.9. The molecule has 1 fully saturated rings. The lowest BCUT2D eigenvalue weighted by Crippen LogP contribution is -2.33. The minimum Gasteiger partial charge on any atom is -0.409 e. The molecule has 13 nitrogen and oxygen atoms in total. The zero-order valence-electron chi connectivity index (χ0n) is 18.6. The summed E-state index contributed by atoms with van der Waals surface area (Å²) < 4.78 is 32.2. The van der Waals surface area contributed by atoms with Crippen LogP contribution < -0.4 is 25.8 Å². The molecule has 1 aliphatic heterocycles. The quantitative estimate of drug-likeness (QED) is 0.228. The van der Waals surface area contributed by atoms with Gasteiger partial charge in [0.2, 0.25) is 4.91 Å². The summed E-state index contributed by atoms with van der Waals surface area (Å²) in [5.41, 5.74) is 6.73. The molecule has 4 unspecified atom stereocenters. The summed E-state index contributed by atoms with van der Waals surface area (Å²) in [5, 5.41) is 6.60. The molecule has 0 saturated carbocycles. The Kier molecular flexibility index (Phi) is 7.33. The average molecular weight is 500 g/mol. The highest BCUT2D eigenvalue weighted by atomic mass is 31.2. The normalized spacial score (nSPS) is 21.0. The van der Waals surface area contributed by atoms with Crippen molar-refractivity contribution in [1.82, 2.24) is 19.4 Å². The van der Waals surface area contributed by atoms with Gasteiger partial charge in [0.25, 0.3) is 5.56 Å². The molecule has 1 saturated heterocycles. The molecule has 14 heteroatoms. The largest absolute Gasteiger partial charge is 0.486 e. The first-order valence-electron chi connectivity index (χ1n) is 10.6. The van der Waals surface area contributed by atoms with Crippen LogP contribution in [0.15, 0.2) is 75.8 Å². The number of anilines is 1. The second-order valence-corrected chi connectivity index (χ2v) is 9.34. The van der Waals surface area contributed by atoms with Crippen LogP contribution in [0.1, 0.15) is 18.2 Å². The lowest BCUT2D eigenvalue weighted by Gasteiger charge is -2.22. The van der Waals surface area contributed by atoms with Crippen molar-refractivity contribution in [2.75, 3.05) is 11.7 Å². The molecule has 35 heavy (non-hydrogen) atoms. The lowest BCUT2D eigenvalue weighted by atomic mass is 10.1. The molecule has 4 atom stereocenters. The van der Waals surface area contributed by atoms with Crippen molar-refractivity contribution >= 4 is 13.4 Å². The van der Waals surface area contributed by atoms with Crippen LogP contribution in [0.5, 0.6) is 5.75 Å². The van der Waals surface area contributed by atoms with Gasteiger partial charge in [-0.2, -0.15) is 0 Å². The standard InChI is InChI=1S/C21H22N7O6P/c1-14-12-28(21(30)24-20(14)29)19-10-17(25-27-22)18(33-19)13-32-35(31,26-15-6-5-9-23-11-15)34-16-7-3-2-4-8-16/h2-9,11-12,17-19,22H,10,13H2,1H3,(H-,24,26,29,30,31)/p+1. The maximum Gasteiger partial charge on any atom is 0.486 e. The van der Waals surface area contributed by atoms with E-state index in [2.05, 4.69) is 25.1 Å². The van der Waals surface area contributed by atoms with Crippen LogP contribution in [0.3, 0.4) is 0 Å². The Balaban J connectivity index is 1.55. The molecule has 4 rings (SSSR count). The van der Waals surface area contributed by atoms with Gasteiger partial charge in [-0.3, -0.25) is 28.9 Å². The summed E-state index contributed by atoms with van der Waals surface area (Å²) in [6, 6.07) is 11.1. The van der Waals surface area contributed by atoms with E-state index in [0.717, 1.165) is 0 Å². The molecule has 0 aliphatic carbocycles. The highest BCUT2D eigenvalue weighted by Gasteiger charge is 2.42. The number of aromatic amines is 1. The molecule has 1 aliphatic rings. The van der Waals surface area contributed by atoms with Gasteiger partial charge in [0, 0.05) is 24.4 Å². The zero-order chi connectivity index (χ0) is 24.8. The summed E-state index contributed by atoms with van der Waals surface area (Å²) in [6.07, 6.45) is 2.99. The van der Waals surface area contributed by atoms with E-state index in [-0.39, 0.29) is 13.0 Å². The Labute approximate surface area is 198 Å². The van der Waals surface area contributed by atoms with Crippen LogP contribution in [0.4, 0.5) is 5.69 Å². The Bertz CT molecular complexity index is 1330. The van der Waals surface area contributed by atoms with E-state index in [4.69, 9.17) is 19.3 Å². The smallest absolute Gasteiger partial charge is 0.409 e. The number of para-hydroxylation sites is 1. The molecule has 0 spiro atoms. The van der Waals surface area contributed by atoms with Gasteiger partial charge in [-0.25, -0.2) is 9.36 Å². The van der Waals surface area contributed by atoms with E-state index < -0.39 is 37.4 Å². The SMILES string of the molecule is Cc1cn(C2CC(N=[N+]=N)C(COP(=O)(Nc3cccnc3)Oc3ccccc3)O2)c(=O)[nH]c1=O. The molecule has 1 aromatic carbocycles. The number of nitrogens with one attached hydrogen (secondary N) is 3. The minimum atomic E-state index is -3.98. The number of benzene rings is 1. The third-order valence-electron chi connectivity index (χ3n) is 5.17. The van der Waals surface area contributed by atoms with Crippen molar-refractivity contribution in [3.8, 4) is 5.75 Å². The van der Waals surface area contributed by atoms with Crippen molar-refractivity contribution in [3.63, 3.8) is 0 Å². The number of pyridine rings is 1. The van der Waals surface area contributed by atoms with Gasteiger partial charge in [-0.1, -0.05) is 18.2 Å². The fourth-order valence-electron chi connectivity index (χ4n) is 3.49. The Morgan fingerprint density at radius 1 is 1.31 bits per heavy atom. The van der Waals surface area contributed by atoms with Gasteiger partial charge in [-0.15, -0.1) is 0 Å². The van der Waals surface area contributed by atoms with Crippen LogP contribution in [0.25, 0.3) is 0 Å². The van der Waals surface area contributed by atoms with Crippen molar-refractivity contribution in [2.24, 2.45) is 5.11 Å². The topological polar surface area (TPSA) is 175 Å². The van der Waals surface area contributed by atoms with Gasteiger partial charge < -0.3 is 9.26 Å². The van der Waals surface area contributed by atoms with E-state index in [9.17, 15) is 14.2 Å². The van der Waals surface area contributed by atoms with Crippen LogP contribution >= 0.6 is 7.75 Å². The fourth-order valence-corrected chi connectivity index (χ4v) is 4.85. The van der Waals surface area contributed by atoms with Crippen LogP contribution in [0.2, 0.25) is 0 Å². The first kappa shape index (κ1) is 24.2. The van der Waals surface area contributed by atoms with E-state index in [0.29, 0.717) is 17.0 Å². The summed E-state index contributed by atoms with van der Waals surface area (Å²) in [5.74, 6) is 0.315. The Morgan fingerprint density at radius 2 is 2.11 bits per heavy atom. The predicted octanol–water partition coefficient (Wildman–Crippen LogP) is 2.76. The number of hydrogen-bond donors (Lipinski definition) is 3. The highest BCUT2D eigenvalue weighted by Crippen LogP contribution is 2.48. The fraction of sp³-hybridized carbons (Fsp3) is 0.286. The number of aromatic nitrogens is 3. The van der Waals surface area contributed by atoms with Gasteiger partial charge in [0.05, 0.1) is 18.5 Å². The first-order valence-corrected chi connectivity index (χ1v) is 12.1. The molecule has 0 radical (unpaired) electrons. The molecular formula is C21H23N7O6P+. The second-order valence-electron chi connectivity index (χ2n) is 7.68. The monoisotopic (exact) mass is 500 g/mol. The van der Waals surface area contributed by atoms with E-state index in [1.165, 1.54) is 17.0 Å². The third-order valence-corrected chi connectivity index (χ3v) is 6.64. The van der Waals surface area contributed by atoms with E-state index >= 15 is 0 Å². The van der Waals surface area contributed by atoms with Gasteiger partial charge in [0.15, 0.2) is 6.04 Å². The molecular weight excluding hydrogens is 477 g/mol. The number of H-pyrrole nitrogens is 1. The molecule has 3 aromatic rings. The maximum absolute atomic E-state index is 13.6. The van der Waals surface area contributed by atoms with Gasteiger partial charge in [0.1, 0.15) is 28.7 Å². The van der Waals surface area contributed by atoms with Crippen LogP contribution in [-0.2, 0) is 13.8 Å². The average Bonchev–Trinajstić information content (AvgIpc) is 3.24. The van der Waals surface area contributed by atoms with Gasteiger partial charge in [-0.05, 0) is 31.2 Å². The number of aryl methyl sites for hydroxylation is 1. The number of nitrogens with zero attached hydrogens (tertiary/aromatic N) is 4. The number of hydrogen-bond acceptors (Lipinski definition) is 9. The van der Waals surface area contributed by atoms with Crippen molar-refractivity contribution in [2.45, 2.75) is 31.7 Å². The van der Waals surface area contributed by atoms with Crippen LogP contribution in [-0.4, -0.2) is 33.3 Å². The van der Waals surface area contributed by atoms with E-state index in [1.807, 2.05) is 0 Å².